The van der Waals surface area contributed by atoms with E-state index in [1.165, 1.54) is 0 Å². The molecule has 0 aliphatic heterocycles. The average molecular weight is 170 g/mol. The lowest BCUT2D eigenvalue weighted by Gasteiger charge is -2.29. The predicted octanol–water partition coefficient (Wildman–Crippen LogP) is 1.58. The second-order valence-corrected chi connectivity index (χ2v) is 3.30. The Morgan fingerprint density at radius 2 is 2.17 bits per heavy atom. The summed E-state index contributed by atoms with van der Waals surface area (Å²) < 4.78 is 5.37. The Hall–Kier alpha value is -0.520. The molecule has 0 rings (SSSR count). The number of rotatable bonds is 5. The van der Waals surface area contributed by atoms with Crippen LogP contribution >= 0.6 is 0 Å². The van der Waals surface area contributed by atoms with Gasteiger partial charge in [0.15, 0.2) is 0 Å². The van der Waals surface area contributed by atoms with Gasteiger partial charge in [-0.25, -0.2) is 0 Å². The average Bonchev–Trinajstić information content (AvgIpc) is 2.00. The van der Waals surface area contributed by atoms with Crippen molar-refractivity contribution in [2.45, 2.75) is 45.3 Å². The van der Waals surface area contributed by atoms with Crippen LogP contribution < -0.4 is 0 Å². The molecule has 2 heteroatoms. The zero-order chi connectivity index (χ0) is 9.61. The molecule has 0 saturated heterocycles. The predicted molar refractivity (Wildman–Crippen MR) is 49.8 cm³/mol. The van der Waals surface area contributed by atoms with Crippen molar-refractivity contribution < 1.29 is 9.84 Å². The molecule has 0 bridgehead atoms. The molecule has 70 valence electrons. The molecule has 1 N–H and O–H groups in total. The summed E-state index contributed by atoms with van der Waals surface area (Å²) in [6.45, 7) is 6.27. The molecule has 0 saturated carbocycles. The first kappa shape index (κ1) is 11.5. The molecule has 1 atom stereocenters. The van der Waals surface area contributed by atoms with E-state index >= 15 is 0 Å². The van der Waals surface area contributed by atoms with Gasteiger partial charge in [0, 0.05) is 13.0 Å². The first-order chi connectivity index (χ1) is 5.54. The summed E-state index contributed by atoms with van der Waals surface area (Å²) >= 11 is 0. The third-order valence-electron chi connectivity index (χ3n) is 1.88. The van der Waals surface area contributed by atoms with Gasteiger partial charge < -0.3 is 9.84 Å². The summed E-state index contributed by atoms with van der Waals surface area (Å²) in [5.41, 5.74) is -0.481. The Labute approximate surface area is 74.9 Å². The number of aliphatic hydroxyl groups is 1. The third-order valence-corrected chi connectivity index (χ3v) is 1.88. The smallest absolute Gasteiger partial charge is 0.0884 e. The van der Waals surface area contributed by atoms with Crippen LogP contribution in [0.4, 0.5) is 0 Å². The highest BCUT2D eigenvalue weighted by molar-refractivity contribution is 4.88. The molecule has 0 aliphatic rings. The van der Waals surface area contributed by atoms with E-state index in [0.717, 1.165) is 0 Å². The van der Waals surface area contributed by atoms with E-state index < -0.39 is 11.7 Å². The van der Waals surface area contributed by atoms with Gasteiger partial charge >= 0.3 is 0 Å². The molecule has 0 aliphatic carbocycles. The Balaban J connectivity index is 3.89. The molecule has 1 unspecified atom stereocenters. The van der Waals surface area contributed by atoms with Crippen molar-refractivity contribution in [3.63, 3.8) is 0 Å². The van der Waals surface area contributed by atoms with Crippen LogP contribution in [0.2, 0.25) is 0 Å². The van der Waals surface area contributed by atoms with Gasteiger partial charge in [-0.3, -0.25) is 0 Å². The quantitative estimate of drug-likeness (QED) is 0.635. The molecular weight excluding hydrogens is 152 g/mol. The molecule has 0 fully saturated rings. The number of terminal acetylenes is 1. The maximum atomic E-state index is 9.62. The van der Waals surface area contributed by atoms with E-state index in [-0.39, 0.29) is 0 Å². The van der Waals surface area contributed by atoms with Crippen molar-refractivity contribution in [1.82, 2.24) is 0 Å². The molecule has 0 aromatic rings. The van der Waals surface area contributed by atoms with E-state index in [2.05, 4.69) is 5.92 Å². The lowest BCUT2D eigenvalue weighted by molar-refractivity contribution is -0.0980. The summed E-state index contributed by atoms with van der Waals surface area (Å²) in [5.74, 6) is 2.50. The van der Waals surface area contributed by atoms with Crippen LogP contribution in [-0.2, 0) is 4.74 Å². The topological polar surface area (TPSA) is 29.5 Å². The van der Waals surface area contributed by atoms with Gasteiger partial charge in [0.05, 0.1) is 11.7 Å². The summed E-state index contributed by atoms with van der Waals surface area (Å²) in [6, 6.07) is 0. The maximum Gasteiger partial charge on any atom is 0.0884 e. The first-order valence-electron chi connectivity index (χ1n) is 4.30. The molecule has 12 heavy (non-hydrogen) atoms. The molecule has 0 aromatic carbocycles. The highest BCUT2D eigenvalue weighted by Gasteiger charge is 2.27. The fraction of sp³-hybridized carbons (Fsp3) is 0.800. The minimum Gasteiger partial charge on any atom is -0.390 e. The van der Waals surface area contributed by atoms with Crippen LogP contribution in [0.1, 0.15) is 33.6 Å². The number of ether oxygens (including phenoxy) is 1. The van der Waals surface area contributed by atoms with Crippen molar-refractivity contribution in [1.29, 1.82) is 0 Å². The van der Waals surface area contributed by atoms with Crippen molar-refractivity contribution in [2.75, 3.05) is 6.61 Å². The fourth-order valence-corrected chi connectivity index (χ4v) is 1.04. The van der Waals surface area contributed by atoms with E-state index in [1.54, 1.807) is 0 Å². The fourth-order valence-electron chi connectivity index (χ4n) is 1.04. The normalized spacial score (nSPS) is 13.9. The van der Waals surface area contributed by atoms with Gasteiger partial charge in [0.2, 0.25) is 0 Å². The van der Waals surface area contributed by atoms with Gasteiger partial charge in [0.25, 0.3) is 0 Å². The molecule has 0 aromatic heterocycles. The first-order valence-corrected chi connectivity index (χ1v) is 4.30. The zero-order valence-electron chi connectivity index (χ0n) is 8.13. The van der Waals surface area contributed by atoms with Crippen LogP contribution in [-0.4, -0.2) is 23.4 Å². The zero-order valence-corrected chi connectivity index (χ0v) is 8.13. The summed E-state index contributed by atoms with van der Waals surface area (Å²) in [5, 5.41) is 9.62. The number of aliphatic hydroxyl groups excluding tert-OH is 1. The largest absolute Gasteiger partial charge is 0.390 e. The SMILES string of the molecule is C#CCCC(O)C(C)(C)OCC. The van der Waals surface area contributed by atoms with E-state index in [1.807, 2.05) is 20.8 Å². The molecular formula is C10H18O2. The van der Waals surface area contributed by atoms with Crippen LogP contribution in [0, 0.1) is 12.3 Å². The van der Waals surface area contributed by atoms with E-state index in [9.17, 15) is 5.11 Å². The van der Waals surface area contributed by atoms with Gasteiger partial charge in [0.1, 0.15) is 0 Å². The molecule has 0 amide bonds. The summed E-state index contributed by atoms with van der Waals surface area (Å²) in [6.07, 6.45) is 5.81. The Kier molecular flexibility index (Phi) is 4.96. The second kappa shape index (κ2) is 5.18. The minimum absolute atomic E-state index is 0.478. The summed E-state index contributed by atoms with van der Waals surface area (Å²) in [4.78, 5) is 0. The highest BCUT2D eigenvalue weighted by atomic mass is 16.5. The van der Waals surface area contributed by atoms with Gasteiger partial charge in [-0.15, -0.1) is 12.3 Å². The lowest BCUT2D eigenvalue weighted by atomic mass is 9.97. The second-order valence-electron chi connectivity index (χ2n) is 3.30. The Morgan fingerprint density at radius 1 is 1.58 bits per heavy atom. The molecule has 0 heterocycles. The summed E-state index contributed by atoms with van der Waals surface area (Å²) in [7, 11) is 0. The van der Waals surface area contributed by atoms with E-state index in [4.69, 9.17) is 11.2 Å². The molecule has 0 spiro atoms. The van der Waals surface area contributed by atoms with Gasteiger partial charge in [-0.1, -0.05) is 0 Å². The Bertz CT molecular complexity index is 156. The standard InChI is InChI=1S/C10H18O2/c1-5-7-8-9(11)10(3,4)12-6-2/h1,9,11H,6-8H2,2-4H3. The van der Waals surface area contributed by atoms with Crippen LogP contribution in [0.25, 0.3) is 0 Å². The minimum atomic E-state index is -0.481. The monoisotopic (exact) mass is 170 g/mol. The third kappa shape index (κ3) is 3.75. The van der Waals surface area contributed by atoms with Gasteiger partial charge in [-0.05, 0) is 27.2 Å². The van der Waals surface area contributed by atoms with Crippen molar-refractivity contribution >= 4 is 0 Å². The van der Waals surface area contributed by atoms with E-state index in [0.29, 0.717) is 19.4 Å². The van der Waals surface area contributed by atoms with Crippen molar-refractivity contribution in [2.24, 2.45) is 0 Å². The maximum absolute atomic E-state index is 9.62. The van der Waals surface area contributed by atoms with Crippen LogP contribution in [0.15, 0.2) is 0 Å². The van der Waals surface area contributed by atoms with Crippen LogP contribution in [0.3, 0.4) is 0 Å². The number of hydrogen-bond acceptors (Lipinski definition) is 2. The molecule has 0 radical (unpaired) electrons. The van der Waals surface area contributed by atoms with Crippen molar-refractivity contribution in [3.05, 3.63) is 0 Å². The molecule has 2 nitrogen and oxygen atoms in total. The number of hydrogen-bond donors (Lipinski definition) is 1. The van der Waals surface area contributed by atoms with Crippen molar-refractivity contribution in [3.8, 4) is 12.3 Å². The lowest BCUT2D eigenvalue weighted by Crippen LogP contribution is -2.38. The van der Waals surface area contributed by atoms with Crippen LogP contribution in [0.5, 0.6) is 0 Å². The Morgan fingerprint density at radius 3 is 2.58 bits per heavy atom. The van der Waals surface area contributed by atoms with Gasteiger partial charge in [-0.2, -0.15) is 0 Å². The highest BCUT2D eigenvalue weighted by Crippen LogP contribution is 2.18.